The fourth-order valence-corrected chi connectivity index (χ4v) is 4.66. The summed E-state index contributed by atoms with van der Waals surface area (Å²) in [6, 6.07) is 18.1. The molecule has 2 unspecified atom stereocenters. The maximum Gasteiger partial charge on any atom is 0.263 e. The molecular weight excluding hydrogens is 360 g/mol. The van der Waals surface area contributed by atoms with Gasteiger partial charge in [-0.1, -0.05) is 36.4 Å². The number of nitrogens with one attached hydrogen (secondary N) is 1. The van der Waals surface area contributed by atoms with Crippen molar-refractivity contribution in [3.63, 3.8) is 0 Å². The van der Waals surface area contributed by atoms with E-state index >= 15 is 0 Å². The van der Waals surface area contributed by atoms with Crippen LogP contribution in [-0.2, 0) is 14.8 Å². The number of anilines is 1. The predicted octanol–water partition coefficient (Wildman–Crippen LogP) is 4.32. The summed E-state index contributed by atoms with van der Waals surface area (Å²) in [6.45, 7) is 2.83. The van der Waals surface area contributed by atoms with Crippen LogP contribution in [0.15, 0.2) is 65.6 Å². The second kappa shape index (κ2) is 7.29. The molecule has 1 fully saturated rings. The molecule has 0 radical (unpaired) electrons. The second-order valence-corrected chi connectivity index (χ2v) is 8.62. The van der Waals surface area contributed by atoms with E-state index in [0.29, 0.717) is 11.7 Å². The lowest BCUT2D eigenvalue weighted by Gasteiger charge is -2.28. The van der Waals surface area contributed by atoms with Crippen LogP contribution in [0.4, 0.5) is 5.82 Å². The molecule has 27 heavy (non-hydrogen) atoms. The third-order valence-electron chi connectivity index (χ3n) is 4.97. The number of nitrogens with zero attached hydrogens (tertiary/aromatic N) is 1. The number of ether oxygens (including phenoxy) is 1. The van der Waals surface area contributed by atoms with Crippen LogP contribution in [0.3, 0.4) is 0 Å². The van der Waals surface area contributed by atoms with E-state index in [-0.39, 0.29) is 11.0 Å². The third kappa shape index (κ3) is 3.82. The molecule has 5 nitrogen and oxygen atoms in total. The molecule has 2 aromatic carbocycles. The Hall–Kier alpha value is -2.44. The quantitative estimate of drug-likeness (QED) is 0.730. The molecule has 1 aliphatic rings. The van der Waals surface area contributed by atoms with Crippen molar-refractivity contribution in [1.82, 2.24) is 4.98 Å². The molecule has 0 saturated carbocycles. The molecule has 3 aromatic rings. The molecule has 0 spiro atoms. The standard InChI is InChI=1S/C21H22N2O3S/c1-15-14-17(12-13-26-15)19-9-5-6-16-10-11-20(22-21(16)19)23-27(24,25)18-7-3-2-4-8-18/h2-11,15,17H,12-14H2,1H3,(H,22,23). The van der Waals surface area contributed by atoms with Gasteiger partial charge >= 0.3 is 0 Å². The summed E-state index contributed by atoms with van der Waals surface area (Å²) >= 11 is 0. The highest BCUT2D eigenvalue weighted by atomic mass is 32.2. The molecule has 1 N–H and O–H groups in total. The van der Waals surface area contributed by atoms with E-state index in [1.165, 1.54) is 0 Å². The summed E-state index contributed by atoms with van der Waals surface area (Å²) in [5.74, 6) is 0.699. The zero-order chi connectivity index (χ0) is 18.9. The number of benzene rings is 2. The van der Waals surface area contributed by atoms with E-state index in [9.17, 15) is 8.42 Å². The first-order valence-corrected chi connectivity index (χ1v) is 10.6. The largest absolute Gasteiger partial charge is 0.378 e. The second-order valence-electron chi connectivity index (χ2n) is 6.94. The van der Waals surface area contributed by atoms with Gasteiger partial charge in [0.05, 0.1) is 16.5 Å². The van der Waals surface area contributed by atoms with Gasteiger partial charge in [-0.05, 0) is 55.5 Å². The molecule has 1 saturated heterocycles. The lowest BCUT2D eigenvalue weighted by atomic mass is 9.87. The van der Waals surface area contributed by atoms with Gasteiger partial charge in [-0.2, -0.15) is 0 Å². The normalized spacial score (nSPS) is 20.5. The summed E-state index contributed by atoms with van der Waals surface area (Å²) < 4.78 is 33.5. The van der Waals surface area contributed by atoms with E-state index in [0.717, 1.165) is 35.9 Å². The molecule has 140 valence electrons. The Morgan fingerprint density at radius 2 is 1.85 bits per heavy atom. The van der Waals surface area contributed by atoms with Crippen LogP contribution < -0.4 is 4.72 Å². The Morgan fingerprint density at radius 3 is 2.63 bits per heavy atom. The number of fused-ring (bicyclic) bond motifs is 1. The van der Waals surface area contributed by atoms with Gasteiger partial charge in [-0.25, -0.2) is 13.4 Å². The van der Waals surface area contributed by atoms with Crippen LogP contribution in [0.25, 0.3) is 10.9 Å². The average Bonchev–Trinajstić information content (AvgIpc) is 2.68. The van der Waals surface area contributed by atoms with E-state index in [2.05, 4.69) is 22.7 Å². The van der Waals surface area contributed by atoms with Crippen LogP contribution >= 0.6 is 0 Å². The Labute approximate surface area is 159 Å². The van der Waals surface area contributed by atoms with Crippen LogP contribution in [0.1, 0.15) is 31.2 Å². The smallest absolute Gasteiger partial charge is 0.263 e. The minimum absolute atomic E-state index is 0.221. The molecule has 2 heterocycles. The first-order chi connectivity index (χ1) is 13.0. The van der Waals surface area contributed by atoms with Crippen molar-refractivity contribution in [2.45, 2.75) is 36.7 Å². The number of hydrogen-bond acceptors (Lipinski definition) is 4. The van der Waals surface area contributed by atoms with Gasteiger partial charge in [0.15, 0.2) is 0 Å². The van der Waals surface area contributed by atoms with Crippen molar-refractivity contribution >= 4 is 26.7 Å². The van der Waals surface area contributed by atoms with Gasteiger partial charge in [0.2, 0.25) is 0 Å². The summed E-state index contributed by atoms with van der Waals surface area (Å²) in [5, 5.41) is 1.01. The monoisotopic (exact) mass is 382 g/mol. The molecule has 1 aliphatic heterocycles. The van der Waals surface area contributed by atoms with Gasteiger partial charge in [-0.3, -0.25) is 4.72 Å². The van der Waals surface area contributed by atoms with E-state index in [1.807, 2.05) is 18.2 Å². The van der Waals surface area contributed by atoms with Crippen molar-refractivity contribution in [3.05, 3.63) is 66.2 Å². The van der Waals surface area contributed by atoms with Crippen molar-refractivity contribution < 1.29 is 13.2 Å². The van der Waals surface area contributed by atoms with Crippen molar-refractivity contribution in [1.29, 1.82) is 0 Å². The maximum atomic E-state index is 12.6. The van der Waals surface area contributed by atoms with Crippen molar-refractivity contribution in [3.8, 4) is 0 Å². The summed E-state index contributed by atoms with van der Waals surface area (Å²) in [5.41, 5.74) is 2.01. The molecule has 0 bridgehead atoms. The van der Waals surface area contributed by atoms with Crippen LogP contribution in [0, 0.1) is 0 Å². The number of pyridine rings is 1. The maximum absolute atomic E-state index is 12.6. The van der Waals surface area contributed by atoms with Gasteiger partial charge < -0.3 is 4.74 Å². The zero-order valence-electron chi connectivity index (χ0n) is 15.1. The minimum atomic E-state index is -3.66. The molecule has 0 aliphatic carbocycles. The molecular formula is C21H22N2O3S. The van der Waals surface area contributed by atoms with Gasteiger partial charge in [-0.15, -0.1) is 0 Å². The predicted molar refractivity (Wildman–Crippen MR) is 106 cm³/mol. The Balaban J connectivity index is 1.70. The lowest BCUT2D eigenvalue weighted by Crippen LogP contribution is -2.22. The minimum Gasteiger partial charge on any atom is -0.378 e. The average molecular weight is 382 g/mol. The number of para-hydroxylation sites is 1. The molecule has 1 aromatic heterocycles. The van der Waals surface area contributed by atoms with Crippen LogP contribution in [0.5, 0.6) is 0 Å². The van der Waals surface area contributed by atoms with E-state index in [4.69, 9.17) is 4.74 Å². The number of sulfonamides is 1. The third-order valence-corrected chi connectivity index (χ3v) is 6.34. The molecule has 0 amide bonds. The van der Waals surface area contributed by atoms with Gasteiger partial charge in [0, 0.05) is 12.0 Å². The highest BCUT2D eigenvalue weighted by Crippen LogP contribution is 2.34. The SMILES string of the molecule is CC1CC(c2cccc3ccc(NS(=O)(=O)c4ccccc4)nc23)CCO1. The van der Waals surface area contributed by atoms with Crippen molar-refractivity contribution in [2.75, 3.05) is 11.3 Å². The first kappa shape index (κ1) is 17.9. The zero-order valence-corrected chi connectivity index (χ0v) is 15.9. The summed E-state index contributed by atoms with van der Waals surface area (Å²) in [6.07, 6.45) is 2.12. The van der Waals surface area contributed by atoms with Gasteiger partial charge in [0.1, 0.15) is 5.82 Å². The molecule has 6 heteroatoms. The fraction of sp³-hybridized carbons (Fsp3) is 0.286. The van der Waals surface area contributed by atoms with Crippen LogP contribution in [-0.4, -0.2) is 26.1 Å². The van der Waals surface area contributed by atoms with Gasteiger partial charge in [0.25, 0.3) is 10.0 Å². The number of aromatic nitrogens is 1. The summed E-state index contributed by atoms with van der Waals surface area (Å²) in [7, 11) is -3.66. The molecule has 2 atom stereocenters. The lowest BCUT2D eigenvalue weighted by molar-refractivity contribution is 0.0188. The first-order valence-electron chi connectivity index (χ1n) is 9.12. The van der Waals surface area contributed by atoms with E-state index < -0.39 is 10.0 Å². The van der Waals surface area contributed by atoms with Crippen molar-refractivity contribution in [2.24, 2.45) is 0 Å². The number of rotatable bonds is 4. The topological polar surface area (TPSA) is 68.3 Å². The number of hydrogen-bond donors (Lipinski definition) is 1. The molecule has 4 rings (SSSR count). The Bertz CT molecular complexity index is 1050. The fourth-order valence-electron chi connectivity index (χ4n) is 3.63. The summed E-state index contributed by atoms with van der Waals surface area (Å²) in [4.78, 5) is 4.88. The van der Waals surface area contributed by atoms with Crippen LogP contribution in [0.2, 0.25) is 0 Å². The Morgan fingerprint density at radius 1 is 1.04 bits per heavy atom. The van der Waals surface area contributed by atoms with E-state index in [1.54, 1.807) is 36.4 Å². The highest BCUT2D eigenvalue weighted by molar-refractivity contribution is 7.92. The Kier molecular flexibility index (Phi) is 4.85. The highest BCUT2D eigenvalue weighted by Gasteiger charge is 2.23.